The van der Waals surface area contributed by atoms with Crippen LogP contribution in [0.4, 0.5) is 18.9 Å². The van der Waals surface area contributed by atoms with Gasteiger partial charge in [0, 0.05) is 17.5 Å². The summed E-state index contributed by atoms with van der Waals surface area (Å²) in [6.45, 7) is 2.41. The van der Waals surface area contributed by atoms with E-state index in [9.17, 15) is 18.0 Å². The van der Waals surface area contributed by atoms with Crippen molar-refractivity contribution in [1.29, 1.82) is 0 Å². The van der Waals surface area contributed by atoms with Gasteiger partial charge in [-0.1, -0.05) is 6.92 Å². The van der Waals surface area contributed by atoms with Crippen molar-refractivity contribution in [3.63, 3.8) is 0 Å². The topological polar surface area (TPSA) is 54.1 Å². The predicted octanol–water partition coefficient (Wildman–Crippen LogP) is 3.13. The number of halogens is 3. The van der Waals surface area contributed by atoms with Crippen LogP contribution in [-0.2, 0) is 6.18 Å². The number of anilines is 1. The Hall–Kier alpha value is -2.18. The van der Waals surface area contributed by atoms with Gasteiger partial charge in [0.1, 0.15) is 12.4 Å². The first-order valence-corrected chi connectivity index (χ1v) is 6.56. The van der Waals surface area contributed by atoms with Crippen molar-refractivity contribution in [2.45, 2.75) is 25.6 Å². The van der Waals surface area contributed by atoms with E-state index < -0.39 is 17.3 Å². The fourth-order valence-corrected chi connectivity index (χ4v) is 2.42. The van der Waals surface area contributed by atoms with E-state index in [1.54, 1.807) is 0 Å². The summed E-state index contributed by atoms with van der Waals surface area (Å²) in [5.74, 6) is 0.446. The summed E-state index contributed by atoms with van der Waals surface area (Å²) in [5.41, 5.74) is -1.10. The van der Waals surface area contributed by atoms with Crippen LogP contribution >= 0.6 is 0 Å². The zero-order valence-corrected chi connectivity index (χ0v) is 11.2. The highest BCUT2D eigenvalue weighted by molar-refractivity contribution is 5.89. The lowest BCUT2D eigenvalue weighted by Gasteiger charge is -2.27. The van der Waals surface area contributed by atoms with Crippen molar-refractivity contribution < 1.29 is 17.9 Å². The number of benzene rings is 1. The SMILES string of the molecule is CCC1COc2cc3[nH]c(=O)cc(C(F)(F)F)c3cc2N1. The minimum absolute atomic E-state index is 0.0475. The van der Waals surface area contributed by atoms with Gasteiger partial charge in [0.2, 0.25) is 5.56 Å². The average molecular weight is 298 g/mol. The molecule has 1 aliphatic heterocycles. The molecule has 0 spiro atoms. The molecule has 1 aromatic carbocycles. The van der Waals surface area contributed by atoms with Crippen molar-refractivity contribution in [2.24, 2.45) is 0 Å². The highest BCUT2D eigenvalue weighted by Gasteiger charge is 2.34. The Kier molecular flexibility index (Phi) is 3.07. The standard InChI is InChI=1S/C14H13F3N2O2/c1-2-7-6-21-12-5-10-8(3-11(12)18-7)9(14(15,16)17)4-13(20)19-10/h3-5,7,18H,2,6H2,1H3,(H,19,20). The maximum atomic E-state index is 13.1. The summed E-state index contributed by atoms with van der Waals surface area (Å²) >= 11 is 0. The number of rotatable bonds is 1. The van der Waals surface area contributed by atoms with E-state index in [1.807, 2.05) is 6.92 Å². The van der Waals surface area contributed by atoms with Crippen LogP contribution in [-0.4, -0.2) is 17.6 Å². The number of H-pyrrole nitrogens is 1. The molecule has 0 saturated heterocycles. The number of pyridine rings is 1. The Balaban J connectivity index is 2.24. The molecule has 1 aliphatic rings. The first-order chi connectivity index (χ1) is 9.88. The first-order valence-electron chi connectivity index (χ1n) is 6.56. The van der Waals surface area contributed by atoms with Crippen LogP contribution in [0.1, 0.15) is 18.9 Å². The van der Waals surface area contributed by atoms with E-state index in [4.69, 9.17) is 4.74 Å². The number of hydrogen-bond acceptors (Lipinski definition) is 3. The number of aromatic nitrogens is 1. The predicted molar refractivity (Wildman–Crippen MR) is 72.8 cm³/mol. The van der Waals surface area contributed by atoms with Crippen molar-refractivity contribution in [2.75, 3.05) is 11.9 Å². The fourth-order valence-electron chi connectivity index (χ4n) is 2.42. The van der Waals surface area contributed by atoms with E-state index in [0.717, 1.165) is 6.42 Å². The van der Waals surface area contributed by atoms with Gasteiger partial charge in [-0.2, -0.15) is 13.2 Å². The maximum Gasteiger partial charge on any atom is 0.417 e. The third-order valence-electron chi connectivity index (χ3n) is 3.54. The molecule has 0 amide bonds. The molecule has 2 aromatic rings. The average Bonchev–Trinajstić information content (AvgIpc) is 2.42. The highest BCUT2D eigenvalue weighted by Crippen LogP contribution is 2.38. The lowest BCUT2D eigenvalue weighted by Crippen LogP contribution is -2.30. The van der Waals surface area contributed by atoms with Crippen LogP contribution in [0.5, 0.6) is 5.75 Å². The van der Waals surface area contributed by atoms with E-state index >= 15 is 0 Å². The molecule has 7 heteroatoms. The van der Waals surface area contributed by atoms with Gasteiger partial charge in [0.15, 0.2) is 0 Å². The van der Waals surface area contributed by atoms with Gasteiger partial charge in [-0.15, -0.1) is 0 Å². The van der Waals surface area contributed by atoms with E-state index in [-0.39, 0.29) is 16.9 Å². The van der Waals surface area contributed by atoms with Crippen molar-refractivity contribution in [3.8, 4) is 5.75 Å². The van der Waals surface area contributed by atoms with Gasteiger partial charge < -0.3 is 15.0 Å². The quantitative estimate of drug-likeness (QED) is 0.850. The molecule has 0 aliphatic carbocycles. The zero-order chi connectivity index (χ0) is 15.2. The number of alkyl halides is 3. The fraction of sp³-hybridized carbons (Fsp3) is 0.357. The largest absolute Gasteiger partial charge is 0.489 e. The van der Waals surface area contributed by atoms with Crippen LogP contribution in [0.3, 0.4) is 0 Å². The summed E-state index contributed by atoms with van der Waals surface area (Å²) in [7, 11) is 0. The van der Waals surface area contributed by atoms with Crippen LogP contribution in [0.2, 0.25) is 0 Å². The number of hydrogen-bond donors (Lipinski definition) is 2. The van der Waals surface area contributed by atoms with Gasteiger partial charge in [-0.3, -0.25) is 4.79 Å². The molecule has 2 N–H and O–H groups in total. The molecule has 0 fully saturated rings. The molecule has 112 valence electrons. The Morgan fingerprint density at radius 1 is 1.33 bits per heavy atom. The number of aromatic amines is 1. The van der Waals surface area contributed by atoms with Gasteiger partial charge >= 0.3 is 6.18 Å². The summed E-state index contributed by atoms with van der Waals surface area (Å²) < 4.78 is 44.7. The summed E-state index contributed by atoms with van der Waals surface area (Å²) in [5, 5.41) is 3.10. The molecule has 21 heavy (non-hydrogen) atoms. The molecule has 0 saturated carbocycles. The van der Waals surface area contributed by atoms with Crippen LogP contribution in [0, 0.1) is 0 Å². The van der Waals surface area contributed by atoms with Crippen LogP contribution < -0.4 is 15.6 Å². The van der Waals surface area contributed by atoms with Gasteiger partial charge in [-0.25, -0.2) is 0 Å². The Labute approximate surface area is 117 Å². The summed E-state index contributed by atoms with van der Waals surface area (Å²) in [6.07, 6.45) is -3.78. The minimum Gasteiger partial charge on any atom is -0.489 e. The molecule has 3 rings (SSSR count). The second-order valence-corrected chi connectivity index (χ2v) is 5.00. The molecule has 1 unspecified atom stereocenters. The molecule has 0 bridgehead atoms. The monoisotopic (exact) mass is 298 g/mol. The Morgan fingerprint density at radius 2 is 2.10 bits per heavy atom. The molecule has 0 radical (unpaired) electrons. The van der Waals surface area contributed by atoms with Crippen LogP contribution in [0.15, 0.2) is 23.0 Å². The molecule has 1 atom stereocenters. The zero-order valence-electron chi connectivity index (χ0n) is 11.2. The molecule has 1 aromatic heterocycles. The van der Waals surface area contributed by atoms with Crippen molar-refractivity contribution in [1.82, 2.24) is 4.98 Å². The number of ether oxygens (including phenoxy) is 1. The number of fused-ring (bicyclic) bond motifs is 2. The minimum atomic E-state index is -4.58. The third kappa shape index (κ3) is 2.43. The summed E-state index contributed by atoms with van der Waals surface area (Å²) in [6, 6.07) is 3.45. The summed E-state index contributed by atoms with van der Waals surface area (Å²) in [4.78, 5) is 13.8. The van der Waals surface area contributed by atoms with Crippen molar-refractivity contribution >= 4 is 16.6 Å². The van der Waals surface area contributed by atoms with E-state index in [1.165, 1.54) is 12.1 Å². The highest BCUT2D eigenvalue weighted by atomic mass is 19.4. The van der Waals surface area contributed by atoms with E-state index in [0.29, 0.717) is 24.1 Å². The van der Waals surface area contributed by atoms with Gasteiger partial charge in [0.05, 0.1) is 22.8 Å². The van der Waals surface area contributed by atoms with E-state index in [2.05, 4.69) is 10.3 Å². The van der Waals surface area contributed by atoms with Crippen LogP contribution in [0.25, 0.3) is 10.9 Å². The smallest absolute Gasteiger partial charge is 0.417 e. The van der Waals surface area contributed by atoms with Gasteiger partial charge in [-0.05, 0) is 12.5 Å². The Bertz CT molecular complexity index is 752. The first kappa shape index (κ1) is 13.8. The maximum absolute atomic E-state index is 13.1. The normalized spacial score (nSPS) is 18.0. The second-order valence-electron chi connectivity index (χ2n) is 5.00. The third-order valence-corrected chi connectivity index (χ3v) is 3.54. The van der Waals surface area contributed by atoms with Crippen molar-refractivity contribution in [3.05, 3.63) is 34.1 Å². The molecular formula is C14H13F3N2O2. The number of nitrogens with one attached hydrogen (secondary N) is 2. The molecule has 2 heterocycles. The molecular weight excluding hydrogens is 285 g/mol. The lowest BCUT2D eigenvalue weighted by atomic mass is 10.1. The van der Waals surface area contributed by atoms with Gasteiger partial charge in [0.25, 0.3) is 0 Å². The molecule has 4 nitrogen and oxygen atoms in total. The Morgan fingerprint density at radius 3 is 2.76 bits per heavy atom. The second kappa shape index (κ2) is 4.68. The lowest BCUT2D eigenvalue weighted by molar-refractivity contribution is -0.136.